The highest BCUT2D eigenvalue weighted by atomic mass is 32.1. The van der Waals surface area contributed by atoms with Crippen LogP contribution in [0, 0.1) is 0 Å². The van der Waals surface area contributed by atoms with E-state index in [2.05, 4.69) is 10.3 Å². The number of nitrogens with one attached hydrogen (secondary N) is 1. The molecule has 1 amide bonds. The Hall–Kier alpha value is -1.95. The highest BCUT2D eigenvalue weighted by Crippen LogP contribution is 2.20. The fourth-order valence-corrected chi connectivity index (χ4v) is 3.25. The van der Waals surface area contributed by atoms with Crippen molar-refractivity contribution in [3.05, 3.63) is 29.3 Å². The molecule has 1 heterocycles. The lowest BCUT2D eigenvalue weighted by atomic mass is 10.2. The normalized spacial score (nSPS) is 15.2. The number of ether oxygens (including phenoxy) is 1. The number of benzene rings is 1. The molecule has 21 heavy (non-hydrogen) atoms. The van der Waals surface area contributed by atoms with Crippen LogP contribution in [0.4, 0.5) is 0 Å². The monoisotopic (exact) mass is 304 g/mol. The van der Waals surface area contributed by atoms with E-state index in [1.54, 1.807) is 23.7 Å². The summed E-state index contributed by atoms with van der Waals surface area (Å²) < 4.78 is 5.99. The van der Waals surface area contributed by atoms with Crippen LogP contribution in [0.3, 0.4) is 0 Å². The third-order valence-corrected chi connectivity index (χ3v) is 4.41. The third kappa shape index (κ3) is 3.39. The Balaban J connectivity index is 1.54. The molecule has 0 unspecified atom stereocenters. The molecular weight excluding hydrogens is 288 g/mol. The Morgan fingerprint density at radius 3 is 2.95 bits per heavy atom. The van der Waals surface area contributed by atoms with Crippen LogP contribution in [-0.2, 0) is 9.53 Å². The largest absolute Gasteiger partial charge is 0.452 e. The first kappa shape index (κ1) is 14.0. The van der Waals surface area contributed by atoms with Gasteiger partial charge >= 0.3 is 5.97 Å². The second-order valence-corrected chi connectivity index (χ2v) is 6.05. The van der Waals surface area contributed by atoms with Crippen LogP contribution in [0.1, 0.15) is 36.0 Å². The summed E-state index contributed by atoms with van der Waals surface area (Å²) in [7, 11) is 0. The van der Waals surface area contributed by atoms with Crippen LogP contribution < -0.4 is 5.32 Å². The average molecular weight is 304 g/mol. The van der Waals surface area contributed by atoms with Crippen LogP contribution in [-0.4, -0.2) is 29.5 Å². The quantitative estimate of drug-likeness (QED) is 0.881. The number of carbonyl (C=O) groups is 2. The van der Waals surface area contributed by atoms with Gasteiger partial charge in [-0.2, -0.15) is 0 Å². The number of aromatic nitrogens is 1. The lowest BCUT2D eigenvalue weighted by molar-refractivity contribution is -0.124. The highest BCUT2D eigenvalue weighted by Gasteiger charge is 2.18. The summed E-state index contributed by atoms with van der Waals surface area (Å²) >= 11 is 1.47. The van der Waals surface area contributed by atoms with Gasteiger partial charge in [0.2, 0.25) is 0 Å². The van der Waals surface area contributed by atoms with Crippen molar-refractivity contribution >= 4 is 33.4 Å². The number of rotatable bonds is 4. The number of nitrogens with zero attached hydrogens (tertiary/aromatic N) is 1. The van der Waals surface area contributed by atoms with E-state index in [0.29, 0.717) is 5.56 Å². The van der Waals surface area contributed by atoms with Crippen LogP contribution in [0.15, 0.2) is 23.7 Å². The van der Waals surface area contributed by atoms with E-state index in [1.165, 1.54) is 11.3 Å². The Labute approximate surface area is 126 Å². The molecule has 2 aromatic rings. The van der Waals surface area contributed by atoms with Gasteiger partial charge in [0, 0.05) is 6.04 Å². The van der Waals surface area contributed by atoms with E-state index < -0.39 is 5.97 Å². The summed E-state index contributed by atoms with van der Waals surface area (Å²) in [5, 5.41) is 2.89. The Morgan fingerprint density at radius 2 is 2.14 bits per heavy atom. The molecule has 0 aliphatic heterocycles. The lowest BCUT2D eigenvalue weighted by Crippen LogP contribution is -2.35. The topological polar surface area (TPSA) is 68.3 Å². The summed E-state index contributed by atoms with van der Waals surface area (Å²) in [5.74, 6) is -0.707. The van der Waals surface area contributed by atoms with Gasteiger partial charge in [0.25, 0.3) is 5.91 Å². The molecule has 1 saturated carbocycles. The van der Waals surface area contributed by atoms with Gasteiger partial charge in [-0.15, -0.1) is 11.3 Å². The van der Waals surface area contributed by atoms with Gasteiger partial charge in [0.1, 0.15) is 0 Å². The summed E-state index contributed by atoms with van der Waals surface area (Å²) in [6.07, 6.45) is 4.34. The number of esters is 1. The molecule has 0 radical (unpaired) electrons. The van der Waals surface area contributed by atoms with Crippen molar-refractivity contribution in [1.82, 2.24) is 10.3 Å². The number of carbonyl (C=O) groups excluding carboxylic acids is 2. The van der Waals surface area contributed by atoms with Gasteiger partial charge in [-0.25, -0.2) is 9.78 Å². The summed E-state index contributed by atoms with van der Waals surface area (Å²) in [4.78, 5) is 27.8. The van der Waals surface area contributed by atoms with Crippen LogP contribution >= 0.6 is 11.3 Å². The van der Waals surface area contributed by atoms with E-state index in [4.69, 9.17) is 4.74 Å². The summed E-state index contributed by atoms with van der Waals surface area (Å²) in [5.41, 5.74) is 3.03. The van der Waals surface area contributed by atoms with E-state index in [1.807, 2.05) is 0 Å². The molecule has 1 aliphatic rings. The van der Waals surface area contributed by atoms with E-state index in [9.17, 15) is 9.59 Å². The molecule has 3 rings (SSSR count). The van der Waals surface area contributed by atoms with Crippen molar-refractivity contribution < 1.29 is 14.3 Å². The van der Waals surface area contributed by atoms with Crippen molar-refractivity contribution in [2.45, 2.75) is 31.7 Å². The standard InChI is InChI=1S/C15H16N2O3S/c18-14(17-11-3-1-2-4-11)8-20-15(19)10-5-6-12-13(7-10)21-9-16-12/h5-7,9,11H,1-4,8H2,(H,17,18). The molecule has 1 fully saturated rings. The predicted molar refractivity (Wildman–Crippen MR) is 80.3 cm³/mol. The number of thiazole rings is 1. The van der Waals surface area contributed by atoms with Gasteiger partial charge in [0.05, 0.1) is 21.3 Å². The molecule has 1 aromatic carbocycles. The second kappa shape index (κ2) is 6.22. The van der Waals surface area contributed by atoms with E-state index >= 15 is 0 Å². The van der Waals surface area contributed by atoms with Gasteiger partial charge in [-0.3, -0.25) is 4.79 Å². The van der Waals surface area contributed by atoms with Gasteiger partial charge < -0.3 is 10.1 Å². The molecule has 5 nitrogen and oxygen atoms in total. The fraction of sp³-hybridized carbons (Fsp3) is 0.400. The lowest BCUT2D eigenvalue weighted by Gasteiger charge is -2.11. The highest BCUT2D eigenvalue weighted by molar-refractivity contribution is 7.16. The molecule has 0 atom stereocenters. The summed E-state index contributed by atoms with van der Waals surface area (Å²) in [6, 6.07) is 5.43. The van der Waals surface area contributed by atoms with Crippen LogP contribution in [0.5, 0.6) is 0 Å². The molecule has 0 saturated heterocycles. The minimum atomic E-state index is -0.480. The molecule has 1 aromatic heterocycles. The average Bonchev–Trinajstić information content (AvgIpc) is 3.14. The molecule has 0 spiro atoms. The zero-order chi connectivity index (χ0) is 14.7. The first-order valence-electron chi connectivity index (χ1n) is 7.02. The first-order valence-corrected chi connectivity index (χ1v) is 7.90. The van der Waals surface area contributed by atoms with Crippen molar-refractivity contribution in [2.24, 2.45) is 0 Å². The molecule has 6 heteroatoms. The Morgan fingerprint density at radius 1 is 1.33 bits per heavy atom. The maximum absolute atomic E-state index is 11.9. The molecule has 1 N–H and O–H groups in total. The maximum atomic E-state index is 11.9. The fourth-order valence-electron chi connectivity index (χ4n) is 2.54. The minimum Gasteiger partial charge on any atom is -0.452 e. The van der Waals surface area contributed by atoms with Crippen LogP contribution in [0.2, 0.25) is 0 Å². The molecular formula is C15H16N2O3S. The zero-order valence-corrected chi connectivity index (χ0v) is 12.3. The number of hydrogen-bond donors (Lipinski definition) is 1. The predicted octanol–water partition coefficient (Wildman–Crippen LogP) is 2.51. The van der Waals surface area contributed by atoms with Gasteiger partial charge in [0.15, 0.2) is 6.61 Å². The van der Waals surface area contributed by atoms with Gasteiger partial charge in [-0.05, 0) is 31.0 Å². The van der Waals surface area contributed by atoms with Crippen LogP contribution in [0.25, 0.3) is 10.2 Å². The van der Waals surface area contributed by atoms with Crippen molar-refractivity contribution in [3.63, 3.8) is 0 Å². The second-order valence-electron chi connectivity index (χ2n) is 5.16. The van der Waals surface area contributed by atoms with E-state index in [-0.39, 0.29) is 18.6 Å². The smallest absolute Gasteiger partial charge is 0.338 e. The van der Waals surface area contributed by atoms with Gasteiger partial charge in [-0.1, -0.05) is 12.8 Å². The molecule has 110 valence electrons. The minimum absolute atomic E-state index is 0.226. The zero-order valence-electron chi connectivity index (χ0n) is 11.5. The maximum Gasteiger partial charge on any atom is 0.338 e. The number of hydrogen-bond acceptors (Lipinski definition) is 5. The number of amides is 1. The molecule has 0 bridgehead atoms. The van der Waals surface area contributed by atoms with Crippen molar-refractivity contribution in [2.75, 3.05) is 6.61 Å². The summed E-state index contributed by atoms with van der Waals surface area (Å²) in [6.45, 7) is -0.226. The first-order chi connectivity index (χ1) is 10.2. The molecule has 1 aliphatic carbocycles. The number of fused-ring (bicyclic) bond motifs is 1. The SMILES string of the molecule is O=C(COC(=O)c1ccc2ncsc2c1)NC1CCCC1. The van der Waals surface area contributed by atoms with E-state index in [0.717, 1.165) is 35.9 Å². The Bertz CT molecular complexity index is 662. The van der Waals surface area contributed by atoms with Crippen molar-refractivity contribution in [1.29, 1.82) is 0 Å². The van der Waals surface area contributed by atoms with Crippen molar-refractivity contribution in [3.8, 4) is 0 Å². The third-order valence-electron chi connectivity index (χ3n) is 3.62. The Kier molecular flexibility index (Phi) is 4.15.